The van der Waals surface area contributed by atoms with E-state index in [4.69, 9.17) is 0 Å². The summed E-state index contributed by atoms with van der Waals surface area (Å²) in [5.41, 5.74) is 19.9. The Hall–Kier alpha value is -15.9. The van der Waals surface area contributed by atoms with Gasteiger partial charge in [-0.25, -0.2) is 54.8 Å². The standard InChI is InChI=1S/C57H65N14.C45H48N14O2/c1-7-11-52-27-13-44(3)70(52)54-29-23-48(24-30-54)58-46-15-19-50(20-16-46)60-62-56-64(5)37-41-68(56)35-9-33-66-39-40-67(43-66)34-10-36-69-42-38-65(6)57(69)63-61-51-21-17-47(18-22-51)59-49-25-31-55(32-26-49)71-45(4)14-28-53(71)12-8-2;1-34(60)46-36-7-11-38(12-8-36)48-40-15-19-42(20-16-40)50-52-44-54(3)27-31-58(44)25-5-23-56-29-30-57(33-56)24-6-26-59-32-28-55(4)45(59)53-51-43-21-17-41(18-22-43)49-39-13-9-37(10-14-39)47-35(2)61/h13-32,37-43H,7-12,33-36H2,1-6H3;7-22,27-33H,5-6,23-26H2,1-4H3,(H-,46,47,50,51,60,61)/q+1;/p+5. The van der Waals surface area contributed by atoms with Crippen LogP contribution in [0.1, 0.15) is 89.0 Å². The second-order valence-corrected chi connectivity index (χ2v) is 33.0. The summed E-state index contributed by atoms with van der Waals surface area (Å²) in [6, 6.07) is 72.9. The topological polar surface area (TPSA) is 268 Å². The van der Waals surface area contributed by atoms with Crippen LogP contribution in [0.3, 0.4) is 0 Å². The maximum Gasteiger partial charge on any atom is 0.421 e. The molecule has 16 rings (SSSR count). The number of imidazole rings is 6. The lowest BCUT2D eigenvalue weighted by atomic mass is 10.2. The number of carbonyl (C=O) groups excluding carboxylic acids is 2. The normalized spacial score (nSPS) is 11.5. The lowest BCUT2D eigenvalue weighted by Crippen LogP contribution is -2.32. The average molecular weight is 1770 g/mol. The second kappa shape index (κ2) is 44.2. The van der Waals surface area contributed by atoms with Crippen molar-refractivity contribution in [2.45, 2.75) is 145 Å². The zero-order valence-electron chi connectivity index (χ0n) is 76.8. The van der Waals surface area contributed by atoms with Gasteiger partial charge in [-0.15, -0.1) is 0 Å². The third-order valence-corrected chi connectivity index (χ3v) is 22.6. The SMILES string of the molecule is CC(=O)Nc1ccc(Nc2ccc(N=Nc3n(CCCn4cc[n+](CCCn5cc[n+](C)c5N=Nc5ccc(Nc6ccc(NC(C)=O)cc6)cc5)c4)cc[n+]3C)cc2)cc1.CCCc1ccc(C)n1-c1ccc(Nc2ccc(N=Nc3n(CCCn4cc[n+](CCCn5cc[n+](C)c5N=Nc5ccc(Nc6ccc(-n7c(C)ccc7CCC)cc6)cc5)c4)cc[n+]3C)cc2)cc1. The molecular formula is C102H118N28O2+6. The van der Waals surface area contributed by atoms with Crippen LogP contribution >= 0.6 is 0 Å². The smallest absolute Gasteiger partial charge is 0.356 e. The maximum absolute atomic E-state index is 11.3. The molecule has 0 spiro atoms. The molecule has 0 saturated carbocycles. The number of aromatic nitrogens is 14. The van der Waals surface area contributed by atoms with Gasteiger partial charge in [0, 0.05) is 151 Å². The van der Waals surface area contributed by atoms with Gasteiger partial charge in [-0.3, -0.25) is 9.59 Å². The summed E-state index contributed by atoms with van der Waals surface area (Å²) < 4.78 is 30.2. The van der Waals surface area contributed by atoms with Crippen molar-refractivity contribution in [2.75, 3.05) is 31.9 Å². The van der Waals surface area contributed by atoms with Gasteiger partial charge in [0.1, 0.15) is 47.5 Å². The fourth-order valence-corrected chi connectivity index (χ4v) is 15.8. The van der Waals surface area contributed by atoms with E-state index in [1.165, 1.54) is 48.0 Å². The van der Waals surface area contributed by atoms with Crippen molar-refractivity contribution in [3.05, 3.63) is 328 Å². The van der Waals surface area contributed by atoms with Gasteiger partial charge in [0.2, 0.25) is 24.5 Å². The largest absolute Gasteiger partial charge is 0.421 e. The Bertz CT molecular complexity index is 6200. The van der Waals surface area contributed by atoms with Crippen LogP contribution in [-0.2, 0) is 103 Å². The molecule has 0 saturated heterocycles. The molecule has 30 nitrogen and oxygen atoms in total. The summed E-state index contributed by atoms with van der Waals surface area (Å²) in [6.45, 7) is 18.5. The van der Waals surface area contributed by atoms with Crippen LogP contribution in [-0.4, -0.2) is 48.4 Å². The molecule has 6 N–H and O–H groups in total. The van der Waals surface area contributed by atoms with E-state index in [9.17, 15) is 9.59 Å². The lowest BCUT2D eigenvalue weighted by Gasteiger charge is -2.13. The van der Waals surface area contributed by atoms with Gasteiger partial charge in [0.05, 0.1) is 130 Å². The monoisotopic (exact) mass is 1770 g/mol. The molecule has 30 heteroatoms. The zero-order valence-corrected chi connectivity index (χ0v) is 76.8. The van der Waals surface area contributed by atoms with E-state index < -0.39 is 0 Å². The number of amides is 2. The number of hydrogen-bond donors (Lipinski definition) is 6. The predicted octanol–water partition coefficient (Wildman–Crippen LogP) is 21.1. The van der Waals surface area contributed by atoms with Crippen molar-refractivity contribution in [3.63, 3.8) is 0 Å². The van der Waals surface area contributed by atoms with E-state index >= 15 is 0 Å². The summed E-state index contributed by atoms with van der Waals surface area (Å²) in [5, 5.41) is 56.0. The first-order valence-electron chi connectivity index (χ1n) is 45.1. The Balaban J connectivity index is 0.000000204. The number of hydrogen-bond acceptors (Lipinski definition) is 14. The highest BCUT2D eigenvalue weighted by atomic mass is 16.2. The number of nitrogens with one attached hydrogen (secondary N) is 6. The van der Waals surface area contributed by atoms with Crippen molar-refractivity contribution in [1.82, 2.24) is 36.5 Å². The maximum atomic E-state index is 11.3. The molecule has 0 radical (unpaired) electrons. The molecule has 0 aliphatic rings. The van der Waals surface area contributed by atoms with Crippen LogP contribution in [0.4, 0.5) is 103 Å². The van der Waals surface area contributed by atoms with E-state index in [2.05, 4.69) is 269 Å². The van der Waals surface area contributed by atoms with Crippen LogP contribution in [0.2, 0.25) is 0 Å². The van der Waals surface area contributed by atoms with E-state index in [1.54, 1.807) is 0 Å². The van der Waals surface area contributed by atoms with Crippen molar-refractivity contribution in [2.24, 2.45) is 69.1 Å². The number of nitrogens with zero attached hydrogens (tertiary/aromatic N) is 22. The minimum atomic E-state index is -0.0973. The number of aryl methyl sites for hydroxylation is 16. The predicted molar refractivity (Wildman–Crippen MR) is 516 cm³/mol. The highest BCUT2D eigenvalue weighted by Crippen LogP contribution is 2.31. The van der Waals surface area contributed by atoms with Crippen LogP contribution in [0.5, 0.6) is 0 Å². The molecule has 0 aliphatic carbocycles. The van der Waals surface area contributed by atoms with Crippen LogP contribution < -0.4 is 59.3 Å². The van der Waals surface area contributed by atoms with Crippen molar-refractivity contribution in [3.8, 4) is 11.4 Å². The van der Waals surface area contributed by atoms with Gasteiger partial charge >= 0.3 is 23.8 Å². The zero-order chi connectivity index (χ0) is 91.7. The summed E-state index contributed by atoms with van der Waals surface area (Å²) in [4.78, 5) is 22.6. The number of carbonyl (C=O) groups is 2. The number of azo groups is 4. The Morgan fingerprint density at radius 2 is 0.553 bits per heavy atom. The van der Waals surface area contributed by atoms with E-state index in [0.717, 1.165) is 207 Å². The molecule has 0 atom stereocenters. The quantitative estimate of drug-likeness (QED) is 0.0160. The van der Waals surface area contributed by atoms with Gasteiger partial charge in [-0.05, 0) is 245 Å². The molecule has 8 aromatic heterocycles. The first kappa shape index (κ1) is 90.9. The van der Waals surface area contributed by atoms with Crippen molar-refractivity contribution >= 4 is 115 Å². The number of rotatable bonds is 40. The Kier molecular flexibility index (Phi) is 30.5. The number of benzene rings is 8. The fraction of sp³-hybridized carbons (Fsp3) is 0.255. The minimum Gasteiger partial charge on any atom is -0.356 e. The molecule has 132 heavy (non-hydrogen) atoms. The molecule has 0 bridgehead atoms. The minimum absolute atomic E-state index is 0.0973. The Morgan fingerprint density at radius 1 is 0.295 bits per heavy atom. The van der Waals surface area contributed by atoms with E-state index in [-0.39, 0.29) is 11.8 Å². The molecule has 0 unspecified atom stereocenters. The molecular weight excluding hydrogens is 1650 g/mol. The van der Waals surface area contributed by atoms with Gasteiger partial charge in [-0.1, -0.05) is 47.1 Å². The van der Waals surface area contributed by atoms with Crippen LogP contribution in [0, 0.1) is 13.8 Å². The van der Waals surface area contributed by atoms with E-state index in [0.29, 0.717) is 0 Å². The first-order valence-corrected chi connectivity index (χ1v) is 45.1. The summed E-state index contributed by atoms with van der Waals surface area (Å²) >= 11 is 0. The first-order chi connectivity index (χ1) is 64.3. The molecule has 0 aliphatic heterocycles. The van der Waals surface area contributed by atoms with E-state index in [1.807, 2.05) is 229 Å². The van der Waals surface area contributed by atoms with Gasteiger partial charge in [0.15, 0.2) is 0 Å². The molecule has 672 valence electrons. The van der Waals surface area contributed by atoms with Crippen LogP contribution in [0.15, 0.2) is 346 Å². The van der Waals surface area contributed by atoms with Gasteiger partial charge < -0.3 is 41.0 Å². The molecule has 16 aromatic rings. The lowest BCUT2D eigenvalue weighted by molar-refractivity contribution is -0.697. The number of anilines is 10. The average Bonchev–Trinajstić information content (AvgIpc) is 1.67. The summed E-state index contributed by atoms with van der Waals surface area (Å²) in [7, 11) is 7.96. The highest BCUT2D eigenvalue weighted by Gasteiger charge is 2.22. The molecule has 8 heterocycles. The Labute approximate surface area is 770 Å². The van der Waals surface area contributed by atoms with Crippen LogP contribution in [0.25, 0.3) is 11.4 Å². The fourth-order valence-electron chi connectivity index (χ4n) is 15.8. The third-order valence-electron chi connectivity index (χ3n) is 22.6. The van der Waals surface area contributed by atoms with Crippen molar-refractivity contribution in [1.29, 1.82) is 0 Å². The summed E-state index contributed by atoms with van der Waals surface area (Å²) in [5.74, 6) is 2.96. The molecule has 2 amide bonds. The third kappa shape index (κ3) is 24.9. The molecule has 0 fully saturated rings. The Morgan fingerprint density at radius 3 is 0.826 bits per heavy atom. The van der Waals surface area contributed by atoms with Gasteiger partial charge in [-0.2, -0.15) is 0 Å². The highest BCUT2D eigenvalue weighted by molar-refractivity contribution is 5.89. The summed E-state index contributed by atoms with van der Waals surface area (Å²) in [6.07, 6.45) is 37.3. The van der Waals surface area contributed by atoms with Gasteiger partial charge in [0.25, 0.3) is 0 Å². The van der Waals surface area contributed by atoms with Crippen molar-refractivity contribution < 1.29 is 37.0 Å². The second-order valence-electron chi connectivity index (χ2n) is 33.0. The molecule has 8 aromatic carbocycles.